The van der Waals surface area contributed by atoms with Crippen molar-refractivity contribution in [2.45, 2.75) is 38.6 Å². The number of nitrogens with two attached hydrogens (primary N) is 1. The van der Waals surface area contributed by atoms with Gasteiger partial charge in [0.1, 0.15) is 0 Å². The molecule has 0 amide bonds. The Bertz CT molecular complexity index is 456. The molecule has 1 aliphatic carbocycles. The number of carbonyl (C=O) groups is 1. The van der Waals surface area contributed by atoms with E-state index >= 15 is 0 Å². The van der Waals surface area contributed by atoms with Gasteiger partial charge < -0.3 is 10.5 Å². The third-order valence-corrected chi connectivity index (χ3v) is 5.72. The fourth-order valence-electron chi connectivity index (χ4n) is 2.58. The van der Waals surface area contributed by atoms with Crippen LogP contribution < -0.4 is 10.5 Å². The normalized spacial score (nSPS) is 23.0. The molecule has 1 saturated heterocycles. The molecule has 0 aromatic rings. The Hall–Kier alpha value is -0.700. The van der Waals surface area contributed by atoms with Gasteiger partial charge in [-0.15, -0.1) is 0 Å². The van der Waals surface area contributed by atoms with Gasteiger partial charge in [-0.3, -0.25) is 4.79 Å². The number of carbonyl (C=O) groups excluding carboxylic acids is 1. The van der Waals surface area contributed by atoms with Crippen molar-refractivity contribution in [1.29, 1.82) is 0 Å². The zero-order chi connectivity index (χ0) is 15.5. The van der Waals surface area contributed by atoms with Crippen LogP contribution in [0.4, 0.5) is 0 Å². The molecule has 2 rings (SSSR count). The third kappa shape index (κ3) is 4.64. The standard InChI is InChI=1S/C13H25N3O4S/c1-2-20-13(17)11-5-7-16(8-6-11)21(18,19)15-9-12(14)10-3-4-10/h10-12,15H,2-9,14H2,1H3. The van der Waals surface area contributed by atoms with E-state index in [1.165, 1.54) is 4.31 Å². The summed E-state index contributed by atoms with van der Waals surface area (Å²) in [7, 11) is -3.49. The SMILES string of the molecule is CCOC(=O)C1CCN(S(=O)(=O)NCC(N)C2CC2)CC1. The Kier molecular flexibility index (Phi) is 5.59. The van der Waals surface area contributed by atoms with Crippen LogP contribution in [0.3, 0.4) is 0 Å². The van der Waals surface area contributed by atoms with E-state index in [0.717, 1.165) is 12.8 Å². The molecule has 1 unspecified atom stereocenters. The maximum absolute atomic E-state index is 12.2. The third-order valence-electron chi connectivity index (χ3n) is 4.14. The Labute approximate surface area is 126 Å². The Morgan fingerprint density at radius 2 is 1.95 bits per heavy atom. The maximum Gasteiger partial charge on any atom is 0.309 e. The summed E-state index contributed by atoms with van der Waals surface area (Å²) < 4.78 is 33.3. The molecule has 8 heteroatoms. The molecular formula is C13H25N3O4S. The Balaban J connectivity index is 1.78. The average Bonchev–Trinajstić information content (AvgIpc) is 3.30. The largest absolute Gasteiger partial charge is 0.466 e. The van der Waals surface area contributed by atoms with E-state index in [-0.39, 0.29) is 24.5 Å². The van der Waals surface area contributed by atoms with Crippen LogP contribution in [-0.2, 0) is 19.7 Å². The van der Waals surface area contributed by atoms with Gasteiger partial charge in [-0.05, 0) is 38.5 Å². The molecule has 0 aromatic carbocycles. The van der Waals surface area contributed by atoms with Gasteiger partial charge >= 0.3 is 5.97 Å². The van der Waals surface area contributed by atoms with Crippen molar-refractivity contribution in [3.8, 4) is 0 Å². The molecule has 0 aromatic heterocycles. The highest BCUT2D eigenvalue weighted by atomic mass is 32.2. The predicted molar refractivity (Wildman–Crippen MR) is 78.6 cm³/mol. The highest BCUT2D eigenvalue weighted by Crippen LogP contribution is 2.31. The fraction of sp³-hybridized carbons (Fsp3) is 0.923. The molecule has 1 heterocycles. The lowest BCUT2D eigenvalue weighted by atomic mass is 9.98. The second-order valence-electron chi connectivity index (χ2n) is 5.78. The lowest BCUT2D eigenvalue weighted by Crippen LogP contribution is -2.49. The monoisotopic (exact) mass is 319 g/mol. The first-order valence-electron chi connectivity index (χ1n) is 7.61. The van der Waals surface area contributed by atoms with Crippen LogP contribution in [-0.4, -0.2) is 51.0 Å². The van der Waals surface area contributed by atoms with Crippen LogP contribution in [0.15, 0.2) is 0 Å². The minimum atomic E-state index is -3.49. The number of nitrogens with zero attached hydrogens (tertiary/aromatic N) is 1. The first kappa shape index (κ1) is 16.7. The number of esters is 1. The van der Waals surface area contributed by atoms with Crippen molar-refractivity contribution in [2.75, 3.05) is 26.2 Å². The Morgan fingerprint density at radius 3 is 2.48 bits per heavy atom. The molecule has 1 saturated carbocycles. The first-order valence-corrected chi connectivity index (χ1v) is 9.05. The topological polar surface area (TPSA) is 102 Å². The fourth-order valence-corrected chi connectivity index (χ4v) is 3.85. The van der Waals surface area contributed by atoms with Crippen molar-refractivity contribution < 1.29 is 17.9 Å². The van der Waals surface area contributed by atoms with E-state index in [0.29, 0.717) is 38.5 Å². The van der Waals surface area contributed by atoms with Crippen molar-refractivity contribution in [2.24, 2.45) is 17.6 Å². The quantitative estimate of drug-likeness (QED) is 0.635. The zero-order valence-corrected chi connectivity index (χ0v) is 13.3. The molecule has 122 valence electrons. The molecule has 7 nitrogen and oxygen atoms in total. The van der Waals surface area contributed by atoms with Crippen molar-refractivity contribution in [3.05, 3.63) is 0 Å². The van der Waals surface area contributed by atoms with Crippen molar-refractivity contribution in [1.82, 2.24) is 9.03 Å². The number of nitrogens with one attached hydrogen (secondary N) is 1. The van der Waals surface area contributed by atoms with Gasteiger partial charge in [0.05, 0.1) is 12.5 Å². The minimum absolute atomic E-state index is 0.100. The lowest BCUT2D eigenvalue weighted by Gasteiger charge is -2.30. The summed E-state index contributed by atoms with van der Waals surface area (Å²) in [5, 5.41) is 0. The molecule has 1 atom stereocenters. The van der Waals surface area contributed by atoms with Gasteiger partial charge in [0.15, 0.2) is 0 Å². The molecular weight excluding hydrogens is 294 g/mol. The molecule has 0 bridgehead atoms. The van der Waals surface area contributed by atoms with Crippen molar-refractivity contribution >= 4 is 16.2 Å². The number of hydrogen-bond donors (Lipinski definition) is 2. The van der Waals surface area contributed by atoms with E-state index in [1.807, 2.05) is 0 Å². The van der Waals surface area contributed by atoms with E-state index in [1.54, 1.807) is 6.92 Å². The molecule has 1 aliphatic heterocycles. The first-order chi connectivity index (χ1) is 9.94. The van der Waals surface area contributed by atoms with Crippen LogP contribution in [0.2, 0.25) is 0 Å². The van der Waals surface area contributed by atoms with Gasteiger partial charge in [0.2, 0.25) is 0 Å². The van der Waals surface area contributed by atoms with Crippen LogP contribution in [0.1, 0.15) is 32.6 Å². The van der Waals surface area contributed by atoms with Crippen LogP contribution >= 0.6 is 0 Å². The molecule has 0 spiro atoms. The van der Waals surface area contributed by atoms with Gasteiger partial charge in [-0.1, -0.05) is 0 Å². The molecule has 2 aliphatic rings. The van der Waals surface area contributed by atoms with Crippen molar-refractivity contribution in [3.63, 3.8) is 0 Å². The second-order valence-corrected chi connectivity index (χ2v) is 7.54. The number of piperidine rings is 1. The zero-order valence-electron chi connectivity index (χ0n) is 12.5. The summed E-state index contributed by atoms with van der Waals surface area (Å²) in [6, 6.07) is -0.100. The number of ether oxygens (including phenoxy) is 1. The summed E-state index contributed by atoms with van der Waals surface area (Å²) in [5.74, 6) is 0.0469. The predicted octanol–water partition coefficient (Wildman–Crippen LogP) is -0.167. The van der Waals surface area contributed by atoms with E-state index < -0.39 is 10.2 Å². The van der Waals surface area contributed by atoms with E-state index in [9.17, 15) is 13.2 Å². The second kappa shape index (κ2) is 7.04. The summed E-state index contributed by atoms with van der Waals surface area (Å²) in [6.07, 6.45) is 3.20. The van der Waals surface area contributed by atoms with Gasteiger partial charge in [-0.2, -0.15) is 12.7 Å². The van der Waals surface area contributed by atoms with Crippen LogP contribution in [0.25, 0.3) is 0 Å². The van der Waals surface area contributed by atoms with Gasteiger partial charge in [0.25, 0.3) is 10.2 Å². The van der Waals surface area contributed by atoms with E-state index in [4.69, 9.17) is 10.5 Å². The highest BCUT2D eigenvalue weighted by Gasteiger charge is 2.33. The molecule has 21 heavy (non-hydrogen) atoms. The summed E-state index contributed by atoms with van der Waals surface area (Å²) in [4.78, 5) is 11.6. The molecule has 2 fully saturated rings. The highest BCUT2D eigenvalue weighted by molar-refractivity contribution is 7.87. The van der Waals surface area contributed by atoms with Gasteiger partial charge in [0, 0.05) is 25.7 Å². The smallest absolute Gasteiger partial charge is 0.309 e. The summed E-state index contributed by atoms with van der Waals surface area (Å²) in [5.41, 5.74) is 5.90. The van der Waals surface area contributed by atoms with E-state index in [2.05, 4.69) is 4.72 Å². The van der Waals surface area contributed by atoms with Gasteiger partial charge in [-0.25, -0.2) is 4.72 Å². The Morgan fingerprint density at radius 1 is 1.33 bits per heavy atom. The number of hydrogen-bond acceptors (Lipinski definition) is 5. The molecule has 3 N–H and O–H groups in total. The van der Waals surface area contributed by atoms with Crippen LogP contribution in [0, 0.1) is 11.8 Å². The maximum atomic E-state index is 12.2. The summed E-state index contributed by atoms with van der Waals surface area (Å²) in [6.45, 7) is 3.10. The number of rotatable bonds is 7. The molecule has 0 radical (unpaired) electrons. The minimum Gasteiger partial charge on any atom is -0.466 e. The lowest BCUT2D eigenvalue weighted by molar-refractivity contribution is -0.149. The average molecular weight is 319 g/mol. The summed E-state index contributed by atoms with van der Waals surface area (Å²) >= 11 is 0. The van der Waals surface area contributed by atoms with Crippen LogP contribution in [0.5, 0.6) is 0 Å².